The molecule has 0 aromatic carbocycles. The van der Waals surface area contributed by atoms with Crippen LogP contribution in [0, 0.1) is 23.7 Å². The third kappa shape index (κ3) is 23.9. The van der Waals surface area contributed by atoms with E-state index in [1.807, 2.05) is 0 Å². The minimum atomic E-state index is 0. The molecule has 5 nitrogen and oxygen atoms in total. The summed E-state index contributed by atoms with van der Waals surface area (Å²) >= 11 is 0. The highest BCUT2D eigenvalue weighted by atomic mass is 15.2. The van der Waals surface area contributed by atoms with Gasteiger partial charge < -0.3 is 24.5 Å². The molecule has 41 heavy (non-hydrogen) atoms. The Bertz CT molecular complexity index is 514. The smallest absolute Gasteiger partial charge is 0.0110 e. The fourth-order valence-corrected chi connectivity index (χ4v) is 6.35. The van der Waals surface area contributed by atoms with E-state index in [2.05, 4.69) is 86.9 Å². The highest BCUT2D eigenvalue weighted by Gasteiger charge is 2.14. The Morgan fingerprint density at radius 3 is 0.805 bits per heavy atom. The first-order valence-corrected chi connectivity index (χ1v) is 17.6. The van der Waals surface area contributed by atoms with Gasteiger partial charge in [-0.1, -0.05) is 75.7 Å². The van der Waals surface area contributed by atoms with Crippen LogP contribution in [0.1, 0.15) is 114 Å². The molecule has 4 fully saturated rings. The van der Waals surface area contributed by atoms with Crippen molar-refractivity contribution in [2.45, 2.75) is 114 Å². The maximum absolute atomic E-state index is 2.59. The lowest BCUT2D eigenvalue weighted by molar-refractivity contribution is 0.141. The van der Waals surface area contributed by atoms with Gasteiger partial charge in [0.15, 0.2) is 0 Å². The van der Waals surface area contributed by atoms with Gasteiger partial charge in [0.25, 0.3) is 0 Å². The lowest BCUT2D eigenvalue weighted by Gasteiger charge is -2.33. The Kier molecular flexibility index (Phi) is 25.0. The second kappa shape index (κ2) is 25.2. The topological polar surface area (TPSA) is 16.2 Å². The van der Waals surface area contributed by atoms with Crippen LogP contribution < -0.4 is 0 Å². The van der Waals surface area contributed by atoms with E-state index in [9.17, 15) is 0 Å². The van der Waals surface area contributed by atoms with Crippen LogP contribution in [0.15, 0.2) is 0 Å². The van der Waals surface area contributed by atoms with Crippen LogP contribution in [0.2, 0.25) is 0 Å². The molecule has 5 heteroatoms. The number of hydrogen-bond acceptors (Lipinski definition) is 5. The van der Waals surface area contributed by atoms with Gasteiger partial charge in [0.05, 0.1) is 0 Å². The van der Waals surface area contributed by atoms with E-state index >= 15 is 0 Å². The molecular formula is C36H79N5. The Balaban J connectivity index is 0.000000517. The van der Waals surface area contributed by atoms with Gasteiger partial charge in [0.2, 0.25) is 0 Å². The largest absolute Gasteiger partial charge is 0.304 e. The van der Waals surface area contributed by atoms with E-state index in [4.69, 9.17) is 0 Å². The molecule has 4 saturated heterocycles. The lowest BCUT2D eigenvalue weighted by Crippen LogP contribution is -2.45. The van der Waals surface area contributed by atoms with Gasteiger partial charge in [0, 0.05) is 52.4 Å². The second-order valence-electron chi connectivity index (χ2n) is 14.9. The summed E-state index contributed by atoms with van der Waals surface area (Å²) in [6.07, 6.45) is 11.4. The number of rotatable bonds is 8. The van der Waals surface area contributed by atoms with Crippen molar-refractivity contribution in [1.29, 1.82) is 0 Å². The van der Waals surface area contributed by atoms with Crippen LogP contribution in [-0.4, -0.2) is 123 Å². The Morgan fingerprint density at radius 1 is 0.341 bits per heavy atom. The van der Waals surface area contributed by atoms with Gasteiger partial charge in [0.1, 0.15) is 0 Å². The normalized spacial score (nSPS) is 21.6. The zero-order chi connectivity index (χ0) is 29.8. The molecule has 4 aliphatic heterocycles. The van der Waals surface area contributed by atoms with E-state index in [-0.39, 0.29) is 7.43 Å². The number of piperazine rings is 1. The fourth-order valence-electron chi connectivity index (χ4n) is 6.35. The van der Waals surface area contributed by atoms with Crippen LogP contribution in [0.5, 0.6) is 0 Å². The fraction of sp³-hybridized carbons (Fsp3) is 1.00. The first-order valence-electron chi connectivity index (χ1n) is 17.6. The number of likely N-dealkylation sites (N-methyl/N-ethyl adjacent to an activating group) is 1. The molecule has 0 aliphatic carbocycles. The lowest BCUT2D eigenvalue weighted by atomic mass is 10.1. The molecule has 0 N–H and O–H groups in total. The molecule has 4 aliphatic rings. The molecule has 0 amide bonds. The van der Waals surface area contributed by atoms with Crippen molar-refractivity contribution >= 4 is 0 Å². The SMILES string of the molecule is C.CC(C)CN1CCCC1.CC(C)CN1CCCCC1.CC(C)CN1CCCCC1.CC(C)CN1CCN(C)CC1. The van der Waals surface area contributed by atoms with Crippen LogP contribution in [0.3, 0.4) is 0 Å². The average Bonchev–Trinajstić information content (AvgIpc) is 3.39. The van der Waals surface area contributed by atoms with Crippen LogP contribution in [-0.2, 0) is 0 Å². The van der Waals surface area contributed by atoms with E-state index in [1.165, 1.54) is 143 Å². The molecule has 0 aromatic rings. The maximum Gasteiger partial charge on any atom is 0.0110 e. The van der Waals surface area contributed by atoms with E-state index in [1.54, 1.807) is 0 Å². The average molecular weight is 582 g/mol. The molecule has 0 saturated carbocycles. The van der Waals surface area contributed by atoms with E-state index in [0.717, 1.165) is 23.7 Å². The van der Waals surface area contributed by atoms with Gasteiger partial charge in [-0.15, -0.1) is 0 Å². The number of piperidine rings is 2. The van der Waals surface area contributed by atoms with Crippen LogP contribution in [0.4, 0.5) is 0 Å². The Labute approximate surface area is 260 Å². The molecule has 0 aromatic heterocycles. The summed E-state index contributed by atoms with van der Waals surface area (Å²) in [6.45, 7) is 36.6. The first-order chi connectivity index (χ1) is 19.0. The minimum absolute atomic E-state index is 0. The van der Waals surface area contributed by atoms with Crippen molar-refractivity contribution in [2.24, 2.45) is 23.7 Å². The van der Waals surface area contributed by atoms with Crippen molar-refractivity contribution in [1.82, 2.24) is 24.5 Å². The van der Waals surface area contributed by atoms with Gasteiger partial charge in [-0.25, -0.2) is 0 Å². The standard InChI is InChI=1S/C9H20N2.2C9H19N.C8H17N.CH4/c1-9(2)8-11-6-4-10(3)5-7-11;2*1-9(2)8-10-6-4-3-5-7-10;1-8(2)7-9-5-3-4-6-9;/h9H,4-8H2,1-3H3;2*9H,3-8H2,1-2H3;8H,3-7H2,1-2H3;1H4. The van der Waals surface area contributed by atoms with Gasteiger partial charge in [-0.05, 0) is 109 Å². The van der Waals surface area contributed by atoms with Crippen molar-refractivity contribution in [2.75, 3.05) is 98.7 Å². The summed E-state index contributed by atoms with van der Waals surface area (Å²) in [5, 5.41) is 0. The highest BCUT2D eigenvalue weighted by molar-refractivity contribution is 4.70. The summed E-state index contributed by atoms with van der Waals surface area (Å²) < 4.78 is 0. The molecule has 0 unspecified atom stereocenters. The summed E-state index contributed by atoms with van der Waals surface area (Å²) in [4.78, 5) is 12.7. The maximum atomic E-state index is 2.59. The highest BCUT2D eigenvalue weighted by Crippen LogP contribution is 2.11. The van der Waals surface area contributed by atoms with Crippen molar-refractivity contribution < 1.29 is 0 Å². The van der Waals surface area contributed by atoms with Gasteiger partial charge >= 0.3 is 0 Å². The molecule has 248 valence electrons. The molecule has 0 atom stereocenters. The summed E-state index contributed by atoms with van der Waals surface area (Å²) in [5.74, 6) is 3.36. The molecule has 0 radical (unpaired) electrons. The molecular weight excluding hydrogens is 502 g/mol. The van der Waals surface area contributed by atoms with Crippen molar-refractivity contribution in [3.63, 3.8) is 0 Å². The third-order valence-corrected chi connectivity index (χ3v) is 8.19. The summed E-state index contributed by atoms with van der Waals surface area (Å²) in [7, 11) is 2.20. The van der Waals surface area contributed by atoms with Crippen molar-refractivity contribution in [3.05, 3.63) is 0 Å². The van der Waals surface area contributed by atoms with Gasteiger partial charge in [-0.2, -0.15) is 0 Å². The van der Waals surface area contributed by atoms with Crippen molar-refractivity contribution in [3.8, 4) is 0 Å². The molecule has 4 rings (SSSR count). The molecule has 0 spiro atoms. The van der Waals surface area contributed by atoms with Crippen LogP contribution >= 0.6 is 0 Å². The predicted octanol–water partition coefficient (Wildman–Crippen LogP) is 7.52. The number of nitrogens with zero attached hydrogens (tertiary/aromatic N) is 5. The summed E-state index contributed by atoms with van der Waals surface area (Å²) in [5.41, 5.74) is 0. The number of hydrogen-bond donors (Lipinski definition) is 0. The molecule has 0 bridgehead atoms. The summed E-state index contributed by atoms with van der Waals surface area (Å²) in [6, 6.07) is 0. The van der Waals surface area contributed by atoms with E-state index < -0.39 is 0 Å². The Morgan fingerprint density at radius 2 is 0.561 bits per heavy atom. The zero-order valence-corrected chi connectivity index (χ0v) is 29.1. The third-order valence-electron chi connectivity index (χ3n) is 8.19. The van der Waals surface area contributed by atoms with Crippen LogP contribution in [0.25, 0.3) is 0 Å². The van der Waals surface area contributed by atoms with E-state index in [0.29, 0.717) is 0 Å². The minimum Gasteiger partial charge on any atom is -0.304 e. The zero-order valence-electron chi connectivity index (χ0n) is 29.1. The second-order valence-corrected chi connectivity index (χ2v) is 14.9. The predicted molar refractivity (Wildman–Crippen MR) is 186 cm³/mol. The number of likely N-dealkylation sites (tertiary alicyclic amines) is 3. The van der Waals surface area contributed by atoms with Gasteiger partial charge in [-0.3, -0.25) is 0 Å². The monoisotopic (exact) mass is 582 g/mol. The Hall–Kier alpha value is -0.200. The quantitative estimate of drug-likeness (QED) is 0.294. The first kappa shape index (κ1) is 40.8. The molecule has 4 heterocycles.